The zero-order valence-electron chi connectivity index (χ0n) is 8.14. The van der Waals surface area contributed by atoms with Crippen LogP contribution in [0.1, 0.15) is 24.3 Å². The molecule has 4 heteroatoms. The summed E-state index contributed by atoms with van der Waals surface area (Å²) < 4.78 is 4.93. The highest BCUT2D eigenvalue weighted by molar-refractivity contribution is 5.79. The third-order valence-corrected chi connectivity index (χ3v) is 2.57. The SMILES string of the molecule is O=C1OCCCC1c1ccc(O)c(O)c1. The van der Waals surface area contributed by atoms with Gasteiger partial charge in [0.15, 0.2) is 11.5 Å². The van der Waals surface area contributed by atoms with Crippen molar-refractivity contribution in [3.63, 3.8) is 0 Å². The Balaban J connectivity index is 2.28. The van der Waals surface area contributed by atoms with Crippen molar-refractivity contribution in [2.45, 2.75) is 18.8 Å². The number of hydrogen-bond acceptors (Lipinski definition) is 4. The number of hydrogen-bond donors (Lipinski definition) is 2. The molecule has 1 atom stereocenters. The highest BCUT2D eigenvalue weighted by Crippen LogP contribution is 2.32. The molecule has 80 valence electrons. The fourth-order valence-electron chi connectivity index (χ4n) is 1.74. The van der Waals surface area contributed by atoms with Crippen LogP contribution in [0.15, 0.2) is 18.2 Å². The average Bonchev–Trinajstić information content (AvgIpc) is 2.23. The fourth-order valence-corrected chi connectivity index (χ4v) is 1.74. The minimum atomic E-state index is -0.315. The zero-order valence-corrected chi connectivity index (χ0v) is 8.14. The highest BCUT2D eigenvalue weighted by atomic mass is 16.5. The van der Waals surface area contributed by atoms with Crippen molar-refractivity contribution in [1.29, 1.82) is 0 Å². The minimum absolute atomic E-state index is 0.178. The molecule has 1 fully saturated rings. The molecule has 0 aromatic heterocycles. The topological polar surface area (TPSA) is 66.8 Å². The van der Waals surface area contributed by atoms with E-state index in [1.807, 2.05) is 0 Å². The first kappa shape index (κ1) is 9.83. The molecule has 1 aliphatic rings. The summed E-state index contributed by atoms with van der Waals surface area (Å²) in [6.45, 7) is 0.472. The van der Waals surface area contributed by atoms with Crippen molar-refractivity contribution >= 4 is 5.97 Å². The summed E-state index contributed by atoms with van der Waals surface area (Å²) in [5.41, 5.74) is 0.690. The second kappa shape index (κ2) is 3.81. The van der Waals surface area contributed by atoms with Gasteiger partial charge < -0.3 is 14.9 Å². The molecule has 1 aliphatic heterocycles. The van der Waals surface area contributed by atoms with Crippen molar-refractivity contribution in [3.8, 4) is 11.5 Å². The molecular weight excluding hydrogens is 196 g/mol. The number of rotatable bonds is 1. The predicted molar refractivity (Wildman–Crippen MR) is 52.7 cm³/mol. The number of esters is 1. The Morgan fingerprint density at radius 3 is 2.73 bits per heavy atom. The quantitative estimate of drug-likeness (QED) is 0.542. The van der Waals surface area contributed by atoms with Gasteiger partial charge >= 0.3 is 5.97 Å². The molecule has 1 saturated heterocycles. The summed E-state index contributed by atoms with van der Waals surface area (Å²) in [4.78, 5) is 11.4. The van der Waals surface area contributed by atoms with E-state index in [2.05, 4.69) is 0 Å². The number of carbonyl (C=O) groups excluding carboxylic acids is 1. The molecule has 0 saturated carbocycles. The van der Waals surface area contributed by atoms with Gasteiger partial charge in [-0.1, -0.05) is 6.07 Å². The van der Waals surface area contributed by atoms with Crippen LogP contribution in [-0.4, -0.2) is 22.8 Å². The Bertz CT molecular complexity index is 386. The summed E-state index contributed by atoms with van der Waals surface area (Å²) in [7, 11) is 0. The number of phenolic OH excluding ortho intramolecular Hbond substituents is 2. The Morgan fingerprint density at radius 2 is 2.07 bits per heavy atom. The normalized spacial score (nSPS) is 21.1. The molecular formula is C11H12O4. The lowest BCUT2D eigenvalue weighted by molar-refractivity contribution is -0.149. The summed E-state index contributed by atoms with van der Waals surface area (Å²) in [6.07, 6.45) is 1.56. The summed E-state index contributed by atoms with van der Waals surface area (Å²) in [5.74, 6) is -0.953. The molecule has 1 heterocycles. The van der Waals surface area contributed by atoms with Gasteiger partial charge in [-0.25, -0.2) is 0 Å². The fraction of sp³-hybridized carbons (Fsp3) is 0.364. The Labute approximate surface area is 87.1 Å². The van der Waals surface area contributed by atoms with Gasteiger partial charge in [-0.2, -0.15) is 0 Å². The Hall–Kier alpha value is -1.71. The second-order valence-corrected chi connectivity index (χ2v) is 3.61. The maximum Gasteiger partial charge on any atom is 0.313 e. The van der Waals surface area contributed by atoms with Crippen LogP contribution in [0, 0.1) is 0 Å². The maximum atomic E-state index is 11.4. The second-order valence-electron chi connectivity index (χ2n) is 3.61. The standard InChI is InChI=1S/C11H12O4/c12-9-4-3-7(6-10(9)13)8-2-1-5-15-11(8)14/h3-4,6,8,12-13H,1-2,5H2. The first-order chi connectivity index (χ1) is 7.18. The van der Waals surface area contributed by atoms with Crippen LogP contribution in [0.2, 0.25) is 0 Å². The molecule has 0 amide bonds. The maximum absolute atomic E-state index is 11.4. The molecule has 1 aromatic carbocycles. The predicted octanol–water partition coefficient (Wildman–Crippen LogP) is 1.52. The van der Waals surface area contributed by atoms with Crippen LogP contribution in [-0.2, 0) is 9.53 Å². The smallest absolute Gasteiger partial charge is 0.313 e. The Kier molecular flexibility index (Phi) is 2.49. The van der Waals surface area contributed by atoms with E-state index in [4.69, 9.17) is 9.84 Å². The van der Waals surface area contributed by atoms with Gasteiger partial charge in [-0.15, -0.1) is 0 Å². The number of ether oxygens (including phenoxy) is 1. The first-order valence-electron chi connectivity index (χ1n) is 4.87. The van der Waals surface area contributed by atoms with Crippen molar-refractivity contribution in [1.82, 2.24) is 0 Å². The molecule has 2 rings (SSSR count). The monoisotopic (exact) mass is 208 g/mol. The van der Waals surface area contributed by atoms with Crippen LogP contribution in [0.3, 0.4) is 0 Å². The zero-order chi connectivity index (χ0) is 10.8. The molecule has 1 aromatic rings. The van der Waals surface area contributed by atoms with Gasteiger partial charge in [0, 0.05) is 0 Å². The van der Waals surface area contributed by atoms with Crippen LogP contribution < -0.4 is 0 Å². The van der Waals surface area contributed by atoms with Crippen LogP contribution in [0.4, 0.5) is 0 Å². The largest absolute Gasteiger partial charge is 0.504 e. The van der Waals surface area contributed by atoms with E-state index in [0.29, 0.717) is 12.2 Å². The van der Waals surface area contributed by atoms with Gasteiger partial charge in [0.25, 0.3) is 0 Å². The van der Waals surface area contributed by atoms with Crippen LogP contribution in [0.5, 0.6) is 11.5 Å². The third kappa shape index (κ3) is 1.88. The Morgan fingerprint density at radius 1 is 1.27 bits per heavy atom. The van der Waals surface area contributed by atoms with Gasteiger partial charge in [-0.05, 0) is 30.5 Å². The molecule has 15 heavy (non-hydrogen) atoms. The van der Waals surface area contributed by atoms with E-state index in [9.17, 15) is 9.90 Å². The highest BCUT2D eigenvalue weighted by Gasteiger charge is 2.26. The number of carbonyl (C=O) groups is 1. The van der Waals surface area contributed by atoms with E-state index in [0.717, 1.165) is 12.8 Å². The molecule has 0 bridgehead atoms. The first-order valence-corrected chi connectivity index (χ1v) is 4.87. The van der Waals surface area contributed by atoms with Gasteiger partial charge in [0.1, 0.15) is 0 Å². The van der Waals surface area contributed by atoms with Crippen molar-refractivity contribution in [3.05, 3.63) is 23.8 Å². The van der Waals surface area contributed by atoms with E-state index in [1.165, 1.54) is 12.1 Å². The van der Waals surface area contributed by atoms with Gasteiger partial charge in [0.2, 0.25) is 0 Å². The average molecular weight is 208 g/mol. The van der Waals surface area contributed by atoms with Crippen LogP contribution in [0.25, 0.3) is 0 Å². The molecule has 2 N–H and O–H groups in total. The van der Waals surface area contributed by atoms with E-state index in [1.54, 1.807) is 6.07 Å². The van der Waals surface area contributed by atoms with E-state index < -0.39 is 0 Å². The molecule has 0 aliphatic carbocycles. The number of aromatic hydroxyl groups is 2. The lowest BCUT2D eigenvalue weighted by Gasteiger charge is -2.21. The van der Waals surface area contributed by atoms with E-state index >= 15 is 0 Å². The molecule has 1 unspecified atom stereocenters. The van der Waals surface area contributed by atoms with Crippen LogP contribution >= 0.6 is 0 Å². The molecule has 4 nitrogen and oxygen atoms in total. The summed E-state index contributed by atoms with van der Waals surface area (Å²) in [6, 6.07) is 4.42. The van der Waals surface area contributed by atoms with Crippen molar-refractivity contribution in [2.24, 2.45) is 0 Å². The lowest BCUT2D eigenvalue weighted by Crippen LogP contribution is -2.22. The number of cyclic esters (lactones) is 1. The third-order valence-electron chi connectivity index (χ3n) is 2.57. The summed E-state index contributed by atoms with van der Waals surface area (Å²) in [5, 5.41) is 18.5. The minimum Gasteiger partial charge on any atom is -0.504 e. The summed E-state index contributed by atoms with van der Waals surface area (Å²) >= 11 is 0. The van der Waals surface area contributed by atoms with Gasteiger partial charge in [0.05, 0.1) is 12.5 Å². The number of benzene rings is 1. The molecule has 0 spiro atoms. The van der Waals surface area contributed by atoms with Gasteiger partial charge in [-0.3, -0.25) is 4.79 Å². The molecule has 0 radical (unpaired) electrons. The van der Waals surface area contributed by atoms with Crippen molar-refractivity contribution in [2.75, 3.05) is 6.61 Å². The number of phenols is 2. The van der Waals surface area contributed by atoms with Crippen molar-refractivity contribution < 1.29 is 19.7 Å². The lowest BCUT2D eigenvalue weighted by atomic mass is 9.93. The van der Waals surface area contributed by atoms with E-state index in [-0.39, 0.29) is 23.4 Å².